The average Bonchev–Trinajstić information content (AvgIpc) is 2.46. The van der Waals surface area contributed by atoms with Gasteiger partial charge in [0.15, 0.2) is 0 Å². The van der Waals surface area contributed by atoms with Gasteiger partial charge >= 0.3 is 0 Å². The summed E-state index contributed by atoms with van der Waals surface area (Å²) in [5.74, 6) is 0.607. The lowest BCUT2D eigenvalue weighted by Gasteiger charge is -2.47. The first-order valence-corrected chi connectivity index (χ1v) is 8.24. The zero-order valence-electron chi connectivity index (χ0n) is 12.9. The quantitative estimate of drug-likeness (QED) is 0.904. The fraction of sp³-hybridized carbons (Fsp3) is 0.667. The molecule has 0 amide bonds. The van der Waals surface area contributed by atoms with Gasteiger partial charge in [0.1, 0.15) is 0 Å². The van der Waals surface area contributed by atoms with Crippen molar-refractivity contribution in [2.24, 2.45) is 0 Å². The largest absolute Gasteiger partial charge is 0.313 e. The molecule has 0 aromatic heterocycles. The Balaban J connectivity index is 1.52. The molecule has 110 valence electrons. The topological polar surface area (TPSA) is 15.3 Å². The van der Waals surface area contributed by atoms with Gasteiger partial charge < -0.3 is 10.2 Å². The van der Waals surface area contributed by atoms with E-state index in [0.29, 0.717) is 5.92 Å². The summed E-state index contributed by atoms with van der Waals surface area (Å²) in [6, 6.07) is 13.3. The number of benzene rings is 1. The number of piperidine rings is 2. The molecule has 0 saturated carbocycles. The van der Waals surface area contributed by atoms with Crippen molar-refractivity contribution in [1.82, 2.24) is 10.2 Å². The maximum absolute atomic E-state index is 3.84. The molecule has 0 aliphatic carbocycles. The maximum atomic E-state index is 3.84. The Hall–Kier alpha value is -0.860. The second kappa shape index (κ2) is 6.28. The van der Waals surface area contributed by atoms with Gasteiger partial charge in [-0.05, 0) is 44.2 Å². The van der Waals surface area contributed by atoms with Crippen LogP contribution >= 0.6 is 0 Å². The van der Waals surface area contributed by atoms with Gasteiger partial charge in [-0.25, -0.2) is 0 Å². The summed E-state index contributed by atoms with van der Waals surface area (Å²) < 4.78 is 0. The molecule has 3 unspecified atom stereocenters. The minimum atomic E-state index is 0.607. The number of hydrogen-bond donors (Lipinski definition) is 1. The van der Waals surface area contributed by atoms with E-state index in [4.69, 9.17) is 0 Å². The molecule has 2 bridgehead atoms. The molecule has 0 spiro atoms. The summed E-state index contributed by atoms with van der Waals surface area (Å²) in [5.41, 5.74) is 1.45. The van der Waals surface area contributed by atoms with Crippen LogP contribution in [0.5, 0.6) is 0 Å². The maximum Gasteiger partial charge on any atom is 0.0110 e. The molecule has 2 fully saturated rings. The van der Waals surface area contributed by atoms with Gasteiger partial charge in [0.2, 0.25) is 0 Å². The van der Waals surface area contributed by atoms with Crippen LogP contribution in [0.3, 0.4) is 0 Å². The van der Waals surface area contributed by atoms with E-state index in [0.717, 1.165) is 24.7 Å². The van der Waals surface area contributed by atoms with Gasteiger partial charge in [0, 0.05) is 24.7 Å². The van der Waals surface area contributed by atoms with E-state index in [9.17, 15) is 0 Å². The standard InChI is InChI=1S/C18H28N2/c1-14(15-7-4-3-5-8-15)13-19-16-11-17-9-6-10-18(12-16)20(17)2/h3-5,7-8,14,16-19H,6,9-13H2,1-2H3. The number of nitrogens with one attached hydrogen (secondary N) is 1. The molecule has 2 saturated heterocycles. The monoisotopic (exact) mass is 272 g/mol. The van der Waals surface area contributed by atoms with Gasteiger partial charge in [-0.2, -0.15) is 0 Å². The minimum Gasteiger partial charge on any atom is -0.313 e. The molecule has 2 aliphatic rings. The van der Waals surface area contributed by atoms with Crippen molar-refractivity contribution in [3.05, 3.63) is 35.9 Å². The van der Waals surface area contributed by atoms with Crippen LogP contribution in [0.15, 0.2) is 30.3 Å². The van der Waals surface area contributed by atoms with Crippen molar-refractivity contribution in [2.45, 2.75) is 63.1 Å². The van der Waals surface area contributed by atoms with Crippen molar-refractivity contribution in [1.29, 1.82) is 0 Å². The molecule has 2 heteroatoms. The van der Waals surface area contributed by atoms with Gasteiger partial charge in [-0.15, -0.1) is 0 Å². The molecule has 2 aliphatic heterocycles. The highest BCUT2D eigenvalue weighted by Crippen LogP contribution is 2.32. The molecular formula is C18H28N2. The molecule has 3 rings (SSSR count). The molecule has 3 atom stereocenters. The van der Waals surface area contributed by atoms with Gasteiger partial charge in [-0.1, -0.05) is 43.7 Å². The smallest absolute Gasteiger partial charge is 0.0110 e. The Labute approximate surface area is 123 Å². The van der Waals surface area contributed by atoms with E-state index in [-0.39, 0.29) is 0 Å². The zero-order valence-corrected chi connectivity index (χ0v) is 12.9. The highest BCUT2D eigenvalue weighted by molar-refractivity contribution is 5.19. The lowest BCUT2D eigenvalue weighted by molar-refractivity contribution is 0.0484. The third-order valence-electron chi connectivity index (χ3n) is 5.42. The van der Waals surface area contributed by atoms with Crippen molar-refractivity contribution >= 4 is 0 Å². The summed E-state index contributed by atoms with van der Waals surface area (Å²) in [5, 5.41) is 3.84. The van der Waals surface area contributed by atoms with Crippen LogP contribution in [0.1, 0.15) is 50.5 Å². The van der Waals surface area contributed by atoms with E-state index in [1.54, 1.807) is 0 Å². The van der Waals surface area contributed by atoms with E-state index in [2.05, 4.69) is 54.5 Å². The molecule has 2 nitrogen and oxygen atoms in total. The first-order valence-electron chi connectivity index (χ1n) is 8.24. The van der Waals surface area contributed by atoms with Crippen LogP contribution in [-0.4, -0.2) is 36.6 Å². The lowest BCUT2D eigenvalue weighted by Crippen LogP contribution is -2.54. The summed E-state index contributed by atoms with van der Waals surface area (Å²) >= 11 is 0. The van der Waals surface area contributed by atoms with Crippen LogP contribution in [0.4, 0.5) is 0 Å². The predicted molar refractivity (Wildman–Crippen MR) is 85.1 cm³/mol. The second-order valence-corrected chi connectivity index (χ2v) is 6.79. The highest BCUT2D eigenvalue weighted by atomic mass is 15.2. The van der Waals surface area contributed by atoms with Crippen LogP contribution in [-0.2, 0) is 0 Å². The van der Waals surface area contributed by atoms with Crippen LogP contribution in [0, 0.1) is 0 Å². The first-order chi connectivity index (χ1) is 9.74. The third-order valence-corrected chi connectivity index (χ3v) is 5.42. The Kier molecular flexibility index (Phi) is 4.42. The van der Waals surface area contributed by atoms with Crippen LogP contribution in [0.25, 0.3) is 0 Å². The fourth-order valence-corrected chi connectivity index (χ4v) is 4.03. The Morgan fingerprint density at radius 3 is 2.45 bits per heavy atom. The summed E-state index contributed by atoms with van der Waals surface area (Å²) in [4.78, 5) is 2.64. The molecule has 1 aromatic carbocycles. The van der Waals surface area contributed by atoms with Crippen molar-refractivity contribution in [3.8, 4) is 0 Å². The Morgan fingerprint density at radius 1 is 1.15 bits per heavy atom. The number of nitrogens with zero attached hydrogens (tertiary/aromatic N) is 1. The van der Waals surface area contributed by atoms with E-state index in [1.165, 1.54) is 37.7 Å². The van der Waals surface area contributed by atoms with Gasteiger partial charge in [0.25, 0.3) is 0 Å². The van der Waals surface area contributed by atoms with E-state index < -0.39 is 0 Å². The molecule has 20 heavy (non-hydrogen) atoms. The lowest BCUT2D eigenvalue weighted by atomic mass is 9.82. The Bertz CT molecular complexity index is 403. The predicted octanol–water partition coefficient (Wildman–Crippen LogP) is 3.40. The van der Waals surface area contributed by atoms with E-state index >= 15 is 0 Å². The number of fused-ring (bicyclic) bond motifs is 2. The zero-order chi connectivity index (χ0) is 13.9. The Morgan fingerprint density at radius 2 is 1.80 bits per heavy atom. The minimum absolute atomic E-state index is 0.607. The summed E-state index contributed by atoms with van der Waals surface area (Å²) in [6.45, 7) is 3.44. The first kappa shape index (κ1) is 14.1. The van der Waals surface area contributed by atoms with E-state index in [1.807, 2.05) is 0 Å². The number of rotatable bonds is 4. The molecular weight excluding hydrogens is 244 g/mol. The molecule has 1 aromatic rings. The third kappa shape index (κ3) is 3.07. The molecule has 1 N–H and O–H groups in total. The highest BCUT2D eigenvalue weighted by Gasteiger charge is 2.35. The number of hydrogen-bond acceptors (Lipinski definition) is 2. The van der Waals surface area contributed by atoms with Crippen molar-refractivity contribution in [3.63, 3.8) is 0 Å². The fourth-order valence-electron chi connectivity index (χ4n) is 4.03. The van der Waals surface area contributed by atoms with Gasteiger partial charge in [-0.3, -0.25) is 0 Å². The summed E-state index contributed by atoms with van der Waals surface area (Å²) in [6.07, 6.45) is 6.93. The van der Waals surface area contributed by atoms with Gasteiger partial charge in [0.05, 0.1) is 0 Å². The van der Waals surface area contributed by atoms with Crippen molar-refractivity contribution in [2.75, 3.05) is 13.6 Å². The molecule has 0 radical (unpaired) electrons. The van der Waals surface area contributed by atoms with Crippen molar-refractivity contribution < 1.29 is 0 Å². The second-order valence-electron chi connectivity index (χ2n) is 6.79. The average molecular weight is 272 g/mol. The normalized spacial score (nSPS) is 32.0. The van der Waals surface area contributed by atoms with Crippen LogP contribution in [0.2, 0.25) is 0 Å². The molecule has 2 heterocycles. The van der Waals surface area contributed by atoms with Crippen LogP contribution < -0.4 is 5.32 Å². The SMILES string of the molecule is CC(CNC1CC2CCCC(C1)N2C)c1ccccc1. The summed E-state index contributed by atoms with van der Waals surface area (Å²) in [7, 11) is 2.33.